The third kappa shape index (κ3) is 2.98. The van der Waals surface area contributed by atoms with Gasteiger partial charge in [-0.2, -0.15) is 0 Å². The van der Waals surface area contributed by atoms with Gasteiger partial charge in [0.25, 0.3) is 5.91 Å². The van der Waals surface area contributed by atoms with Gasteiger partial charge in [-0.1, -0.05) is 6.07 Å². The fraction of sp³-hybridized carbons (Fsp3) is 0.0833. The monoisotopic (exact) mass is 246 g/mol. The van der Waals surface area contributed by atoms with Gasteiger partial charge < -0.3 is 5.32 Å². The number of rotatable bonds is 4. The predicted octanol–water partition coefficient (Wildman–Crippen LogP) is 1.89. The summed E-state index contributed by atoms with van der Waals surface area (Å²) in [6.45, 7) is 0.432. The van der Waals surface area contributed by atoms with Gasteiger partial charge in [0.15, 0.2) is 6.29 Å². The van der Waals surface area contributed by atoms with Crippen LogP contribution in [0.1, 0.15) is 24.9 Å². The molecule has 0 aliphatic heterocycles. The van der Waals surface area contributed by atoms with Crippen molar-refractivity contribution in [2.45, 2.75) is 6.54 Å². The molecule has 0 aliphatic rings. The molecule has 0 atom stereocenters. The molecule has 17 heavy (non-hydrogen) atoms. The van der Waals surface area contributed by atoms with E-state index >= 15 is 0 Å². The normalized spacial score (nSPS) is 9.88. The van der Waals surface area contributed by atoms with Crippen LogP contribution in [0.2, 0.25) is 0 Å². The molecule has 0 spiro atoms. The second kappa shape index (κ2) is 5.36. The number of nitrogens with zero attached hydrogens (tertiary/aromatic N) is 1. The summed E-state index contributed by atoms with van der Waals surface area (Å²) >= 11 is 1.18. The standard InChI is InChI=1S/C12H10N2O2S/c15-8-10-3-4-11(17-10)12(16)14-7-9-2-1-5-13-6-9/h1-6,8H,7H2,(H,14,16). The molecule has 2 heterocycles. The molecule has 0 saturated carbocycles. The summed E-state index contributed by atoms with van der Waals surface area (Å²) in [6.07, 6.45) is 4.12. The molecule has 1 amide bonds. The number of aldehydes is 1. The van der Waals surface area contributed by atoms with Crippen molar-refractivity contribution in [2.75, 3.05) is 0 Å². The number of aromatic nitrogens is 1. The topological polar surface area (TPSA) is 59.1 Å². The average molecular weight is 246 g/mol. The van der Waals surface area contributed by atoms with Crippen molar-refractivity contribution in [1.29, 1.82) is 0 Å². The number of hydrogen-bond acceptors (Lipinski definition) is 4. The number of carbonyl (C=O) groups is 2. The minimum absolute atomic E-state index is 0.174. The summed E-state index contributed by atoms with van der Waals surface area (Å²) in [4.78, 5) is 27.3. The van der Waals surface area contributed by atoms with E-state index in [9.17, 15) is 9.59 Å². The Bertz CT molecular complexity index is 522. The summed E-state index contributed by atoms with van der Waals surface area (Å²) in [7, 11) is 0. The summed E-state index contributed by atoms with van der Waals surface area (Å²) in [5.41, 5.74) is 0.938. The first-order valence-corrected chi connectivity index (χ1v) is 5.83. The molecular formula is C12H10N2O2S. The number of thiophene rings is 1. The van der Waals surface area contributed by atoms with Crippen LogP contribution < -0.4 is 5.32 Å². The van der Waals surface area contributed by atoms with Crippen LogP contribution in [0.3, 0.4) is 0 Å². The summed E-state index contributed by atoms with van der Waals surface area (Å²) in [5, 5.41) is 2.77. The van der Waals surface area contributed by atoms with Crippen LogP contribution in [-0.2, 0) is 6.54 Å². The van der Waals surface area contributed by atoms with Crippen LogP contribution in [0.25, 0.3) is 0 Å². The number of carbonyl (C=O) groups excluding carboxylic acids is 2. The van der Waals surface area contributed by atoms with E-state index in [2.05, 4.69) is 10.3 Å². The van der Waals surface area contributed by atoms with E-state index in [1.807, 2.05) is 12.1 Å². The predicted molar refractivity (Wildman–Crippen MR) is 65.1 cm³/mol. The highest BCUT2D eigenvalue weighted by Crippen LogP contribution is 2.14. The molecule has 86 valence electrons. The Hall–Kier alpha value is -2.01. The highest BCUT2D eigenvalue weighted by Gasteiger charge is 2.08. The van der Waals surface area contributed by atoms with Crippen LogP contribution in [0.5, 0.6) is 0 Å². The van der Waals surface area contributed by atoms with E-state index in [0.29, 0.717) is 16.3 Å². The third-order valence-corrected chi connectivity index (χ3v) is 3.15. The molecule has 0 aliphatic carbocycles. The van der Waals surface area contributed by atoms with Crippen molar-refractivity contribution in [3.8, 4) is 0 Å². The maximum atomic E-state index is 11.7. The summed E-state index contributed by atoms with van der Waals surface area (Å²) < 4.78 is 0. The van der Waals surface area contributed by atoms with Crippen LogP contribution >= 0.6 is 11.3 Å². The average Bonchev–Trinajstić information content (AvgIpc) is 2.86. The molecule has 4 nitrogen and oxygen atoms in total. The lowest BCUT2D eigenvalue weighted by Crippen LogP contribution is -2.21. The molecule has 2 aromatic heterocycles. The van der Waals surface area contributed by atoms with Gasteiger partial charge >= 0.3 is 0 Å². The van der Waals surface area contributed by atoms with Crippen molar-refractivity contribution >= 4 is 23.5 Å². The van der Waals surface area contributed by atoms with E-state index in [4.69, 9.17) is 0 Å². The second-order valence-corrected chi connectivity index (χ2v) is 4.48. The zero-order valence-electron chi connectivity index (χ0n) is 8.92. The molecule has 1 N–H and O–H groups in total. The van der Waals surface area contributed by atoms with Gasteiger partial charge in [0.05, 0.1) is 9.75 Å². The Kier molecular flexibility index (Phi) is 3.62. The number of hydrogen-bond donors (Lipinski definition) is 1. The fourth-order valence-electron chi connectivity index (χ4n) is 1.31. The first-order chi connectivity index (χ1) is 8.29. The van der Waals surface area contributed by atoms with Crippen LogP contribution in [0.15, 0.2) is 36.7 Å². The maximum Gasteiger partial charge on any atom is 0.261 e. The largest absolute Gasteiger partial charge is 0.347 e. The Labute approximate surface area is 102 Å². The number of pyridine rings is 1. The minimum atomic E-state index is -0.174. The van der Waals surface area contributed by atoms with Crippen LogP contribution in [0, 0.1) is 0 Å². The third-order valence-electron chi connectivity index (χ3n) is 2.14. The van der Waals surface area contributed by atoms with Gasteiger partial charge in [-0.3, -0.25) is 14.6 Å². The van der Waals surface area contributed by atoms with Gasteiger partial charge in [0.1, 0.15) is 0 Å². The second-order valence-electron chi connectivity index (χ2n) is 3.36. The van der Waals surface area contributed by atoms with Crippen molar-refractivity contribution in [2.24, 2.45) is 0 Å². The molecule has 0 aromatic carbocycles. The first kappa shape index (κ1) is 11.5. The van der Waals surface area contributed by atoms with E-state index in [1.54, 1.807) is 24.5 Å². The lowest BCUT2D eigenvalue weighted by Gasteiger charge is -2.02. The highest BCUT2D eigenvalue weighted by molar-refractivity contribution is 7.15. The number of nitrogens with one attached hydrogen (secondary N) is 1. The lowest BCUT2D eigenvalue weighted by molar-refractivity contribution is 0.0954. The molecule has 0 bridgehead atoms. The van der Waals surface area contributed by atoms with Crippen LogP contribution in [0.4, 0.5) is 0 Å². The Morgan fingerprint density at radius 2 is 2.29 bits per heavy atom. The molecular weight excluding hydrogens is 236 g/mol. The molecule has 5 heteroatoms. The Balaban J connectivity index is 1.96. The van der Waals surface area contributed by atoms with E-state index in [0.717, 1.165) is 11.8 Å². The van der Waals surface area contributed by atoms with Crippen molar-refractivity contribution in [1.82, 2.24) is 10.3 Å². The van der Waals surface area contributed by atoms with Crippen molar-refractivity contribution in [3.05, 3.63) is 52.0 Å². The summed E-state index contributed by atoms with van der Waals surface area (Å²) in [5.74, 6) is -0.174. The number of amides is 1. The SMILES string of the molecule is O=Cc1ccc(C(=O)NCc2cccnc2)s1. The van der Waals surface area contributed by atoms with Gasteiger partial charge in [-0.05, 0) is 23.8 Å². The smallest absolute Gasteiger partial charge is 0.261 e. The van der Waals surface area contributed by atoms with E-state index in [-0.39, 0.29) is 5.91 Å². The van der Waals surface area contributed by atoms with Crippen molar-refractivity contribution < 1.29 is 9.59 Å². The Morgan fingerprint density at radius 3 is 2.94 bits per heavy atom. The molecule has 0 saturated heterocycles. The van der Waals surface area contributed by atoms with Crippen LogP contribution in [-0.4, -0.2) is 17.2 Å². The quantitative estimate of drug-likeness (QED) is 0.838. The van der Waals surface area contributed by atoms with E-state index < -0.39 is 0 Å². The van der Waals surface area contributed by atoms with E-state index in [1.165, 1.54) is 11.3 Å². The van der Waals surface area contributed by atoms with Gasteiger partial charge in [-0.25, -0.2) is 0 Å². The molecule has 2 rings (SSSR count). The van der Waals surface area contributed by atoms with Gasteiger partial charge in [-0.15, -0.1) is 11.3 Å². The molecule has 0 radical (unpaired) electrons. The summed E-state index contributed by atoms with van der Waals surface area (Å²) in [6, 6.07) is 6.99. The maximum absolute atomic E-state index is 11.7. The molecule has 0 fully saturated rings. The van der Waals surface area contributed by atoms with Crippen molar-refractivity contribution in [3.63, 3.8) is 0 Å². The Morgan fingerprint density at radius 1 is 1.41 bits per heavy atom. The minimum Gasteiger partial charge on any atom is -0.347 e. The zero-order chi connectivity index (χ0) is 12.1. The zero-order valence-corrected chi connectivity index (χ0v) is 9.74. The lowest BCUT2D eigenvalue weighted by atomic mass is 10.3. The first-order valence-electron chi connectivity index (χ1n) is 5.01. The molecule has 0 unspecified atom stereocenters. The highest BCUT2D eigenvalue weighted by atomic mass is 32.1. The fourth-order valence-corrected chi connectivity index (χ4v) is 2.05. The molecule has 2 aromatic rings. The van der Waals surface area contributed by atoms with Gasteiger partial charge in [0, 0.05) is 18.9 Å². The van der Waals surface area contributed by atoms with Gasteiger partial charge in [0.2, 0.25) is 0 Å².